The van der Waals surface area contributed by atoms with E-state index in [4.69, 9.17) is 9.66 Å². The van der Waals surface area contributed by atoms with E-state index in [0.29, 0.717) is 0 Å². The number of hydrogen-bond donors (Lipinski definition) is 3. The number of carboxylic acid groups (broad SMARTS) is 1. The summed E-state index contributed by atoms with van der Waals surface area (Å²) in [4.78, 5) is 9.97. The van der Waals surface area contributed by atoms with Crippen LogP contribution in [0.25, 0.3) is 0 Å². The Bertz CT molecular complexity index is 232. The Hall–Kier alpha value is -0.700. The third kappa shape index (κ3) is 4.67. The molecule has 0 aromatic heterocycles. The lowest BCUT2D eigenvalue weighted by molar-refractivity contribution is -0.138. The van der Waals surface area contributed by atoms with Crippen LogP contribution in [0.3, 0.4) is 0 Å². The number of rotatable bonds is 4. The number of aliphatic carboxylic acids is 1. The number of nitrogens with one attached hydrogen (secondary N) is 1. The molecule has 0 radical (unpaired) electrons. The van der Waals surface area contributed by atoms with Gasteiger partial charge < -0.3 is 15.8 Å². The van der Waals surface area contributed by atoms with Crippen molar-refractivity contribution < 1.29 is 22.9 Å². The smallest absolute Gasteiger partial charge is 0.320 e. The highest BCUT2D eigenvalue weighted by molar-refractivity contribution is 7.85. The van der Waals surface area contributed by atoms with E-state index in [0.717, 1.165) is 5.48 Å². The van der Waals surface area contributed by atoms with E-state index in [2.05, 4.69) is 0 Å². The van der Waals surface area contributed by atoms with Gasteiger partial charge in [-0.05, 0) is 0 Å². The number of carboxylic acids is 1. The zero-order valence-electron chi connectivity index (χ0n) is 5.22. The maximum absolute atomic E-state index is 10.0. The molecule has 0 aliphatic carbocycles. The Balaban J connectivity index is 4.22. The SMILES string of the molecule is O=C(O)[C@H](CS(=O)(=O)O)N[O-]. The molecule has 0 saturated heterocycles. The molecule has 0 aliphatic heterocycles. The van der Waals surface area contributed by atoms with Gasteiger partial charge in [-0.1, -0.05) is 0 Å². The van der Waals surface area contributed by atoms with Crippen LogP contribution in [0, 0.1) is 5.21 Å². The van der Waals surface area contributed by atoms with Gasteiger partial charge >= 0.3 is 5.97 Å². The van der Waals surface area contributed by atoms with Crippen LogP contribution in [0.4, 0.5) is 0 Å². The number of carbonyl (C=O) groups is 1. The van der Waals surface area contributed by atoms with Gasteiger partial charge in [0.1, 0.15) is 11.8 Å². The third-order valence-electron chi connectivity index (χ3n) is 0.818. The minimum absolute atomic E-state index is 0.969. The van der Waals surface area contributed by atoms with E-state index in [1.165, 1.54) is 0 Å². The molecular weight excluding hydrogens is 178 g/mol. The molecule has 0 fully saturated rings. The molecule has 0 aromatic rings. The molecule has 0 rings (SSSR count). The Labute approximate surface area is 62.4 Å². The fourth-order valence-corrected chi connectivity index (χ4v) is 0.998. The highest BCUT2D eigenvalue weighted by atomic mass is 32.2. The Morgan fingerprint density at radius 1 is 1.64 bits per heavy atom. The summed E-state index contributed by atoms with van der Waals surface area (Å²) < 4.78 is 28.1. The molecular formula is C3H6NO6S-. The summed E-state index contributed by atoms with van der Waals surface area (Å²) in [5.41, 5.74) is 0.969. The second-order valence-corrected chi connectivity index (χ2v) is 3.25. The van der Waals surface area contributed by atoms with E-state index in [1.54, 1.807) is 0 Å². The molecule has 11 heavy (non-hydrogen) atoms. The van der Waals surface area contributed by atoms with Gasteiger partial charge in [-0.25, -0.2) is 0 Å². The van der Waals surface area contributed by atoms with Gasteiger partial charge in [0, 0.05) is 0 Å². The molecule has 0 unspecified atom stereocenters. The molecule has 1 atom stereocenters. The second kappa shape index (κ2) is 3.62. The fraction of sp³-hybridized carbons (Fsp3) is 0.667. The lowest BCUT2D eigenvalue weighted by Crippen LogP contribution is -2.38. The lowest BCUT2D eigenvalue weighted by Gasteiger charge is -2.15. The van der Waals surface area contributed by atoms with Gasteiger partial charge in [0.2, 0.25) is 0 Å². The predicted octanol–water partition coefficient (Wildman–Crippen LogP) is -1.59. The highest BCUT2D eigenvalue weighted by Gasteiger charge is 2.19. The summed E-state index contributed by atoms with van der Waals surface area (Å²) in [6, 6.07) is -1.81. The van der Waals surface area contributed by atoms with Crippen LogP contribution in [-0.2, 0) is 14.9 Å². The van der Waals surface area contributed by atoms with Gasteiger partial charge in [0.25, 0.3) is 10.1 Å². The van der Waals surface area contributed by atoms with Crippen molar-refractivity contribution in [3.05, 3.63) is 5.21 Å². The van der Waals surface area contributed by atoms with Crippen LogP contribution < -0.4 is 5.48 Å². The van der Waals surface area contributed by atoms with Gasteiger partial charge in [-0.15, -0.1) is 0 Å². The summed E-state index contributed by atoms with van der Waals surface area (Å²) in [6.45, 7) is 0. The summed E-state index contributed by atoms with van der Waals surface area (Å²) >= 11 is 0. The molecule has 0 bridgehead atoms. The lowest BCUT2D eigenvalue weighted by atomic mass is 10.4. The van der Waals surface area contributed by atoms with Gasteiger partial charge in [0.15, 0.2) is 0 Å². The quantitative estimate of drug-likeness (QED) is 0.355. The molecule has 0 amide bonds. The molecule has 0 spiro atoms. The summed E-state index contributed by atoms with van der Waals surface area (Å²) in [7, 11) is -4.42. The van der Waals surface area contributed by atoms with Gasteiger partial charge in [0.05, 0.1) is 0 Å². The van der Waals surface area contributed by atoms with Gasteiger partial charge in [-0.3, -0.25) is 9.35 Å². The largest absolute Gasteiger partial charge is 0.787 e. The van der Waals surface area contributed by atoms with Crippen LogP contribution in [-0.4, -0.2) is 35.8 Å². The minimum atomic E-state index is -4.42. The zero-order valence-corrected chi connectivity index (χ0v) is 6.04. The average Bonchev–Trinajstić information content (AvgIpc) is 1.80. The van der Waals surface area contributed by atoms with Crippen molar-refractivity contribution in [2.24, 2.45) is 0 Å². The average molecular weight is 184 g/mol. The fourth-order valence-electron chi connectivity index (χ4n) is 0.366. The first-order chi connectivity index (χ1) is 4.87. The van der Waals surface area contributed by atoms with E-state index in [9.17, 15) is 18.4 Å². The zero-order chi connectivity index (χ0) is 9.07. The van der Waals surface area contributed by atoms with E-state index in [-0.39, 0.29) is 0 Å². The van der Waals surface area contributed by atoms with E-state index < -0.39 is 27.9 Å². The molecule has 0 heterocycles. The van der Waals surface area contributed by atoms with Crippen molar-refractivity contribution in [1.29, 1.82) is 0 Å². The predicted molar refractivity (Wildman–Crippen MR) is 34.3 cm³/mol. The molecule has 3 N–H and O–H groups in total. The Morgan fingerprint density at radius 3 is 2.18 bits per heavy atom. The summed E-state index contributed by atoms with van der Waals surface area (Å²) in [5, 5.41) is 17.8. The first-order valence-electron chi connectivity index (χ1n) is 2.42. The molecule has 0 saturated carbocycles. The molecule has 0 aliphatic rings. The van der Waals surface area contributed by atoms with Crippen LogP contribution in [0.2, 0.25) is 0 Å². The topological polar surface area (TPSA) is 127 Å². The van der Waals surface area contributed by atoms with Crippen molar-refractivity contribution in [3.8, 4) is 0 Å². The molecule has 7 nitrogen and oxygen atoms in total. The van der Waals surface area contributed by atoms with E-state index in [1.807, 2.05) is 0 Å². The van der Waals surface area contributed by atoms with Crippen molar-refractivity contribution in [2.75, 3.05) is 5.75 Å². The van der Waals surface area contributed by atoms with Gasteiger partial charge in [-0.2, -0.15) is 8.42 Å². The van der Waals surface area contributed by atoms with Crippen LogP contribution in [0.1, 0.15) is 0 Å². The first-order valence-corrected chi connectivity index (χ1v) is 4.03. The Kier molecular flexibility index (Phi) is 3.39. The number of hydrogen-bond acceptors (Lipinski definition) is 5. The van der Waals surface area contributed by atoms with Crippen molar-refractivity contribution in [3.63, 3.8) is 0 Å². The molecule has 0 aromatic carbocycles. The molecule has 8 heteroatoms. The second-order valence-electron chi connectivity index (χ2n) is 1.76. The minimum Gasteiger partial charge on any atom is -0.787 e. The van der Waals surface area contributed by atoms with E-state index >= 15 is 0 Å². The first kappa shape index (κ1) is 10.3. The van der Waals surface area contributed by atoms with Crippen molar-refractivity contribution in [1.82, 2.24) is 5.48 Å². The Morgan fingerprint density at radius 2 is 2.09 bits per heavy atom. The third-order valence-corrected chi connectivity index (χ3v) is 1.57. The normalized spacial score (nSPS) is 14.4. The van der Waals surface area contributed by atoms with Crippen molar-refractivity contribution in [2.45, 2.75) is 6.04 Å². The molecule has 66 valence electrons. The monoisotopic (exact) mass is 184 g/mol. The maximum Gasteiger partial charge on any atom is 0.320 e. The summed E-state index contributed by atoms with van der Waals surface area (Å²) in [5.74, 6) is -2.76. The van der Waals surface area contributed by atoms with Crippen LogP contribution >= 0.6 is 0 Å². The maximum atomic E-state index is 10.0. The highest BCUT2D eigenvalue weighted by Crippen LogP contribution is 1.90. The van der Waals surface area contributed by atoms with Crippen LogP contribution in [0.5, 0.6) is 0 Å². The standard InChI is InChI=1S/C3H6NO6S/c5-3(6)2(4-7)1-11(8,9)10/h2,4H,1H2,(H,5,6)(H,8,9,10)/q-1/t2-/m0/s1. The van der Waals surface area contributed by atoms with Crippen molar-refractivity contribution >= 4 is 16.1 Å². The summed E-state index contributed by atoms with van der Waals surface area (Å²) in [6.07, 6.45) is 0. The van der Waals surface area contributed by atoms with Crippen LogP contribution in [0.15, 0.2) is 0 Å². The number of hydroxylamine groups is 1.